The highest BCUT2D eigenvalue weighted by Gasteiger charge is 2.39. The van der Waals surface area contributed by atoms with Crippen molar-refractivity contribution in [1.82, 2.24) is 20.2 Å². The number of nitrogen functional groups attached to an aromatic ring is 1. The number of nitrogens with zero attached hydrogens (tertiary/aromatic N) is 3. The summed E-state index contributed by atoms with van der Waals surface area (Å²) in [5.74, 6) is 0.383. The van der Waals surface area contributed by atoms with Crippen molar-refractivity contribution in [1.29, 1.82) is 0 Å². The molecule has 4 rings (SSSR count). The number of hydrogen-bond acceptors (Lipinski definition) is 5. The lowest BCUT2D eigenvalue weighted by molar-refractivity contribution is -0.128. The maximum Gasteiger partial charge on any atom is 0.270 e. The molecule has 0 aromatic carbocycles. The molecule has 2 aliphatic carbocycles. The van der Waals surface area contributed by atoms with Crippen LogP contribution in [-0.4, -0.2) is 45.8 Å². The van der Waals surface area contributed by atoms with E-state index in [4.69, 9.17) is 5.73 Å². The van der Waals surface area contributed by atoms with E-state index in [0.29, 0.717) is 24.7 Å². The van der Waals surface area contributed by atoms with E-state index in [1.807, 2.05) is 4.90 Å². The smallest absolute Gasteiger partial charge is 0.270 e. The van der Waals surface area contributed by atoms with E-state index in [9.17, 15) is 9.59 Å². The molecule has 2 heterocycles. The molecule has 128 valence electrons. The normalized spacial score (nSPS) is 23.2. The van der Waals surface area contributed by atoms with Gasteiger partial charge in [-0.3, -0.25) is 9.59 Å². The predicted octanol–water partition coefficient (Wildman–Crippen LogP) is 0.678. The number of rotatable bonds is 4. The summed E-state index contributed by atoms with van der Waals surface area (Å²) in [6, 6.07) is 0.451. The number of carbonyl (C=O) groups is 2. The zero-order valence-corrected chi connectivity index (χ0v) is 13.8. The molecule has 2 fully saturated rings. The van der Waals surface area contributed by atoms with E-state index < -0.39 is 0 Å². The average molecular weight is 329 g/mol. The van der Waals surface area contributed by atoms with Gasteiger partial charge in [-0.1, -0.05) is 0 Å². The van der Waals surface area contributed by atoms with Crippen molar-refractivity contribution >= 4 is 17.8 Å². The fourth-order valence-electron chi connectivity index (χ4n) is 3.81. The van der Waals surface area contributed by atoms with Gasteiger partial charge in [0.1, 0.15) is 5.69 Å². The fraction of sp³-hybridized carbons (Fsp3) is 0.647. The Morgan fingerprint density at radius 2 is 2.04 bits per heavy atom. The maximum absolute atomic E-state index is 12.6. The summed E-state index contributed by atoms with van der Waals surface area (Å²) in [6.07, 6.45) is 6.58. The van der Waals surface area contributed by atoms with Gasteiger partial charge in [-0.15, -0.1) is 0 Å². The van der Waals surface area contributed by atoms with Crippen LogP contribution in [0.15, 0.2) is 0 Å². The molecule has 2 amide bonds. The zero-order valence-electron chi connectivity index (χ0n) is 13.8. The van der Waals surface area contributed by atoms with Crippen molar-refractivity contribution in [3.63, 3.8) is 0 Å². The molecule has 1 aromatic heterocycles. The number of aryl methyl sites for hydroxylation is 1. The molecular formula is C17H23N5O2. The number of amides is 2. The molecule has 1 aliphatic heterocycles. The molecule has 1 saturated carbocycles. The summed E-state index contributed by atoms with van der Waals surface area (Å²) >= 11 is 0. The first-order valence-corrected chi connectivity index (χ1v) is 8.84. The maximum atomic E-state index is 12.6. The highest BCUT2D eigenvalue weighted by molar-refractivity contribution is 5.94. The van der Waals surface area contributed by atoms with Crippen molar-refractivity contribution in [2.24, 2.45) is 5.92 Å². The van der Waals surface area contributed by atoms with E-state index in [-0.39, 0.29) is 23.7 Å². The summed E-state index contributed by atoms with van der Waals surface area (Å²) in [7, 11) is 0. The highest BCUT2D eigenvalue weighted by atomic mass is 16.2. The van der Waals surface area contributed by atoms with Crippen LogP contribution in [-0.2, 0) is 17.6 Å². The first kappa shape index (κ1) is 15.4. The largest absolute Gasteiger partial charge is 0.368 e. The van der Waals surface area contributed by atoms with Crippen LogP contribution >= 0.6 is 0 Å². The number of nitrogens with one attached hydrogen (secondary N) is 1. The molecule has 7 heteroatoms. The van der Waals surface area contributed by atoms with Crippen molar-refractivity contribution in [3.8, 4) is 0 Å². The van der Waals surface area contributed by atoms with Crippen LogP contribution in [0, 0.1) is 5.92 Å². The lowest BCUT2D eigenvalue weighted by atomic mass is 9.94. The van der Waals surface area contributed by atoms with Crippen LogP contribution in [0.5, 0.6) is 0 Å². The van der Waals surface area contributed by atoms with Gasteiger partial charge in [0.25, 0.3) is 5.91 Å². The number of nitrogens with two attached hydrogens (primary N) is 1. The molecule has 0 bridgehead atoms. The Kier molecular flexibility index (Phi) is 3.86. The van der Waals surface area contributed by atoms with E-state index in [0.717, 1.165) is 56.3 Å². The van der Waals surface area contributed by atoms with Crippen LogP contribution in [0.1, 0.15) is 53.8 Å². The second kappa shape index (κ2) is 6.03. The number of aromatic nitrogens is 2. The number of fused-ring (bicyclic) bond motifs is 1. The summed E-state index contributed by atoms with van der Waals surface area (Å²) in [5, 5.41) is 2.96. The Labute approximate surface area is 141 Å². The molecule has 1 saturated heterocycles. The Bertz CT molecular complexity index is 686. The van der Waals surface area contributed by atoms with Crippen molar-refractivity contribution in [2.75, 3.05) is 18.8 Å². The molecule has 0 unspecified atom stereocenters. The van der Waals surface area contributed by atoms with Crippen LogP contribution in [0.2, 0.25) is 0 Å². The summed E-state index contributed by atoms with van der Waals surface area (Å²) in [6.45, 7) is 1.26. The van der Waals surface area contributed by atoms with E-state index >= 15 is 0 Å². The van der Waals surface area contributed by atoms with Crippen LogP contribution in [0.3, 0.4) is 0 Å². The van der Waals surface area contributed by atoms with Crippen LogP contribution < -0.4 is 11.1 Å². The fourth-order valence-corrected chi connectivity index (χ4v) is 3.81. The number of likely N-dealkylation sites (tertiary alicyclic amines) is 1. The van der Waals surface area contributed by atoms with Crippen molar-refractivity contribution in [2.45, 2.75) is 51.0 Å². The zero-order chi connectivity index (χ0) is 16.7. The topological polar surface area (TPSA) is 101 Å². The summed E-state index contributed by atoms with van der Waals surface area (Å²) in [4.78, 5) is 35.0. The average Bonchev–Trinajstić information content (AvgIpc) is 3.35. The molecule has 3 aliphatic rings. The number of carbonyl (C=O) groups excluding carboxylic acids is 2. The molecule has 1 atom stereocenters. The van der Waals surface area contributed by atoms with Crippen molar-refractivity contribution < 1.29 is 9.59 Å². The van der Waals surface area contributed by atoms with Gasteiger partial charge in [0.15, 0.2) is 0 Å². The molecule has 1 aromatic rings. The Morgan fingerprint density at radius 3 is 2.83 bits per heavy atom. The minimum atomic E-state index is -0.195. The minimum absolute atomic E-state index is 0.164. The molecule has 0 radical (unpaired) electrons. The first-order valence-electron chi connectivity index (χ1n) is 8.84. The van der Waals surface area contributed by atoms with Gasteiger partial charge in [0, 0.05) is 42.7 Å². The van der Waals surface area contributed by atoms with Crippen LogP contribution in [0.4, 0.5) is 5.95 Å². The third kappa shape index (κ3) is 2.95. The SMILES string of the molecule is Nc1nc2c(c(C(=O)NC[C@@H]3CC(=O)N(C4CC4)C3)n1)CCCC2. The van der Waals surface area contributed by atoms with Gasteiger partial charge in [0.2, 0.25) is 11.9 Å². The third-order valence-corrected chi connectivity index (χ3v) is 5.19. The molecule has 24 heavy (non-hydrogen) atoms. The van der Waals surface area contributed by atoms with Gasteiger partial charge >= 0.3 is 0 Å². The first-order chi connectivity index (χ1) is 11.6. The minimum Gasteiger partial charge on any atom is -0.368 e. The third-order valence-electron chi connectivity index (χ3n) is 5.19. The monoisotopic (exact) mass is 329 g/mol. The Hall–Kier alpha value is -2.18. The number of anilines is 1. The Morgan fingerprint density at radius 1 is 1.25 bits per heavy atom. The lowest BCUT2D eigenvalue weighted by Crippen LogP contribution is -2.33. The predicted molar refractivity (Wildman–Crippen MR) is 88.3 cm³/mol. The molecule has 7 nitrogen and oxygen atoms in total. The summed E-state index contributed by atoms with van der Waals surface area (Å²) < 4.78 is 0. The molecular weight excluding hydrogens is 306 g/mol. The van der Waals surface area contributed by atoms with Crippen molar-refractivity contribution in [3.05, 3.63) is 17.0 Å². The lowest BCUT2D eigenvalue weighted by Gasteiger charge is -2.19. The Balaban J connectivity index is 1.42. The second-order valence-electron chi connectivity index (χ2n) is 7.12. The quantitative estimate of drug-likeness (QED) is 0.846. The van der Waals surface area contributed by atoms with Crippen LogP contribution in [0.25, 0.3) is 0 Å². The molecule has 0 spiro atoms. The standard InChI is InChI=1S/C17H23N5O2/c18-17-20-13-4-2-1-3-12(13)15(21-17)16(24)19-8-10-7-14(23)22(9-10)11-5-6-11/h10-11H,1-9H2,(H,19,24)(H2,18,20,21)/t10-/m0/s1. The van der Waals surface area contributed by atoms with Gasteiger partial charge in [-0.2, -0.15) is 0 Å². The number of hydrogen-bond donors (Lipinski definition) is 2. The molecule has 3 N–H and O–H groups in total. The van der Waals surface area contributed by atoms with E-state index in [1.165, 1.54) is 0 Å². The second-order valence-corrected chi connectivity index (χ2v) is 7.12. The van der Waals surface area contributed by atoms with Gasteiger partial charge in [-0.05, 0) is 38.5 Å². The van der Waals surface area contributed by atoms with E-state index in [2.05, 4.69) is 15.3 Å². The highest BCUT2D eigenvalue weighted by Crippen LogP contribution is 2.32. The van der Waals surface area contributed by atoms with E-state index in [1.54, 1.807) is 0 Å². The van der Waals surface area contributed by atoms with Gasteiger partial charge in [-0.25, -0.2) is 9.97 Å². The summed E-state index contributed by atoms with van der Waals surface area (Å²) in [5.41, 5.74) is 8.03. The van der Waals surface area contributed by atoms with Gasteiger partial charge < -0.3 is 16.0 Å². The van der Waals surface area contributed by atoms with Gasteiger partial charge in [0.05, 0.1) is 0 Å².